The van der Waals surface area contributed by atoms with Crippen LogP contribution in [0.5, 0.6) is 0 Å². The molecule has 28 heavy (non-hydrogen) atoms. The molecule has 3 N–H and O–H groups in total. The Hall–Kier alpha value is -3.40. The van der Waals surface area contributed by atoms with Crippen molar-refractivity contribution in [2.45, 2.75) is 18.8 Å². The molecule has 1 aliphatic carbocycles. The van der Waals surface area contributed by atoms with Crippen molar-refractivity contribution >= 4 is 17.3 Å². The SMILES string of the molecule is C/C(=N\NC(=O)C1CC1(c1ccccc1)c1ccccc1)c1cccc(N)c1. The van der Waals surface area contributed by atoms with Crippen molar-refractivity contribution in [1.29, 1.82) is 0 Å². The minimum Gasteiger partial charge on any atom is -0.399 e. The second kappa shape index (κ2) is 7.31. The van der Waals surface area contributed by atoms with Gasteiger partial charge in [0.15, 0.2) is 0 Å². The van der Waals surface area contributed by atoms with Gasteiger partial charge in [0.2, 0.25) is 5.91 Å². The molecule has 1 fully saturated rings. The van der Waals surface area contributed by atoms with Gasteiger partial charge < -0.3 is 5.73 Å². The summed E-state index contributed by atoms with van der Waals surface area (Å²) in [6.45, 7) is 1.86. The Morgan fingerprint density at radius 1 is 0.964 bits per heavy atom. The first-order valence-corrected chi connectivity index (χ1v) is 9.42. The maximum atomic E-state index is 12.9. The first-order valence-electron chi connectivity index (χ1n) is 9.42. The van der Waals surface area contributed by atoms with Crippen LogP contribution in [0.4, 0.5) is 5.69 Å². The summed E-state index contributed by atoms with van der Waals surface area (Å²) in [6, 6.07) is 28.0. The summed E-state index contributed by atoms with van der Waals surface area (Å²) < 4.78 is 0. The van der Waals surface area contributed by atoms with E-state index >= 15 is 0 Å². The van der Waals surface area contributed by atoms with Crippen LogP contribution < -0.4 is 11.2 Å². The molecule has 0 aromatic heterocycles. The molecular formula is C24H23N3O. The van der Waals surface area contributed by atoms with E-state index in [-0.39, 0.29) is 17.2 Å². The molecule has 0 saturated heterocycles. The smallest absolute Gasteiger partial charge is 0.244 e. The van der Waals surface area contributed by atoms with Crippen molar-refractivity contribution in [2.75, 3.05) is 5.73 Å². The van der Waals surface area contributed by atoms with Crippen molar-refractivity contribution < 1.29 is 4.79 Å². The van der Waals surface area contributed by atoms with Gasteiger partial charge in [-0.2, -0.15) is 5.10 Å². The maximum absolute atomic E-state index is 12.9. The number of nitrogens with two attached hydrogens (primary N) is 1. The van der Waals surface area contributed by atoms with Crippen molar-refractivity contribution in [2.24, 2.45) is 11.0 Å². The van der Waals surface area contributed by atoms with Gasteiger partial charge in [-0.25, -0.2) is 5.43 Å². The lowest BCUT2D eigenvalue weighted by molar-refractivity contribution is -0.122. The predicted octanol–water partition coefficient (Wildman–Crippen LogP) is 4.12. The van der Waals surface area contributed by atoms with Gasteiger partial charge in [0.05, 0.1) is 11.6 Å². The molecule has 1 amide bonds. The van der Waals surface area contributed by atoms with Gasteiger partial charge in [-0.1, -0.05) is 72.8 Å². The Morgan fingerprint density at radius 3 is 2.14 bits per heavy atom. The molecule has 3 aromatic rings. The van der Waals surface area contributed by atoms with E-state index in [9.17, 15) is 4.79 Å². The van der Waals surface area contributed by atoms with Crippen LogP contribution in [0.3, 0.4) is 0 Å². The Bertz CT molecular complexity index is 973. The Morgan fingerprint density at radius 2 is 1.57 bits per heavy atom. The first-order chi connectivity index (χ1) is 13.6. The molecule has 1 atom stereocenters. The van der Waals surface area contributed by atoms with E-state index < -0.39 is 0 Å². The molecule has 0 spiro atoms. The van der Waals surface area contributed by atoms with E-state index in [1.807, 2.05) is 67.6 Å². The van der Waals surface area contributed by atoms with Crippen molar-refractivity contribution in [3.8, 4) is 0 Å². The fraction of sp³-hybridized carbons (Fsp3) is 0.167. The lowest BCUT2D eigenvalue weighted by atomic mass is 9.85. The average Bonchev–Trinajstić information content (AvgIpc) is 3.50. The zero-order valence-electron chi connectivity index (χ0n) is 15.8. The number of anilines is 1. The van der Waals surface area contributed by atoms with Crippen molar-refractivity contribution in [3.63, 3.8) is 0 Å². The molecule has 3 aromatic carbocycles. The van der Waals surface area contributed by atoms with Crippen molar-refractivity contribution in [3.05, 3.63) is 102 Å². The lowest BCUT2D eigenvalue weighted by Gasteiger charge is -2.18. The maximum Gasteiger partial charge on any atom is 0.244 e. The molecule has 140 valence electrons. The van der Waals surface area contributed by atoms with Crippen LogP contribution in [-0.2, 0) is 10.2 Å². The van der Waals surface area contributed by atoms with Gasteiger partial charge in [0.25, 0.3) is 0 Å². The van der Waals surface area contributed by atoms with Gasteiger partial charge >= 0.3 is 0 Å². The molecule has 1 saturated carbocycles. The van der Waals surface area contributed by atoms with Crippen LogP contribution in [0.15, 0.2) is 90.0 Å². The fourth-order valence-electron chi connectivity index (χ4n) is 3.90. The number of hydrogen-bond donors (Lipinski definition) is 2. The van der Waals surface area contributed by atoms with Crippen LogP contribution >= 0.6 is 0 Å². The Balaban J connectivity index is 1.57. The molecule has 0 aliphatic heterocycles. The van der Waals surface area contributed by atoms with E-state index in [2.05, 4.69) is 34.8 Å². The highest BCUT2D eigenvalue weighted by Crippen LogP contribution is 2.58. The van der Waals surface area contributed by atoms with E-state index in [0.717, 1.165) is 28.8 Å². The third kappa shape index (κ3) is 3.29. The van der Waals surface area contributed by atoms with Gasteiger partial charge in [0.1, 0.15) is 0 Å². The number of benzene rings is 3. The highest BCUT2D eigenvalue weighted by molar-refractivity contribution is 6.00. The predicted molar refractivity (Wildman–Crippen MR) is 113 cm³/mol. The monoisotopic (exact) mass is 369 g/mol. The number of carbonyl (C=O) groups excluding carboxylic acids is 1. The summed E-state index contributed by atoms with van der Waals surface area (Å²) in [7, 11) is 0. The summed E-state index contributed by atoms with van der Waals surface area (Å²) in [5.41, 5.74) is 12.9. The van der Waals surface area contributed by atoms with Crippen molar-refractivity contribution in [1.82, 2.24) is 5.43 Å². The fourth-order valence-corrected chi connectivity index (χ4v) is 3.90. The molecular weight excluding hydrogens is 346 g/mol. The summed E-state index contributed by atoms with van der Waals surface area (Å²) in [5.74, 6) is -0.203. The quantitative estimate of drug-likeness (QED) is 0.404. The number of hydrogen-bond acceptors (Lipinski definition) is 3. The lowest BCUT2D eigenvalue weighted by Crippen LogP contribution is -2.26. The molecule has 0 radical (unpaired) electrons. The second-order valence-electron chi connectivity index (χ2n) is 7.26. The number of nitrogens with zero attached hydrogens (tertiary/aromatic N) is 1. The van der Waals surface area contributed by atoms with E-state index in [1.54, 1.807) is 0 Å². The van der Waals surface area contributed by atoms with Gasteiger partial charge in [-0.3, -0.25) is 4.79 Å². The normalized spacial score (nSPS) is 17.8. The molecule has 0 bridgehead atoms. The first kappa shape index (κ1) is 18.0. The summed E-state index contributed by atoms with van der Waals surface area (Å²) in [5, 5.41) is 4.31. The van der Waals surface area contributed by atoms with E-state index in [0.29, 0.717) is 5.69 Å². The topological polar surface area (TPSA) is 67.5 Å². The third-order valence-electron chi connectivity index (χ3n) is 5.49. The number of nitrogen functional groups attached to an aromatic ring is 1. The van der Waals surface area contributed by atoms with Gasteiger partial charge in [-0.05, 0) is 42.2 Å². The Kier molecular flexibility index (Phi) is 4.70. The summed E-state index contributed by atoms with van der Waals surface area (Å²) in [6.07, 6.45) is 0.777. The minimum absolute atomic E-state index is 0.0593. The molecule has 4 rings (SSSR count). The van der Waals surface area contributed by atoms with Crippen LogP contribution in [0.2, 0.25) is 0 Å². The molecule has 1 unspecified atom stereocenters. The molecule has 0 heterocycles. The van der Waals surface area contributed by atoms with Gasteiger partial charge in [0, 0.05) is 11.1 Å². The molecule has 4 nitrogen and oxygen atoms in total. The highest BCUT2D eigenvalue weighted by atomic mass is 16.2. The van der Waals surface area contributed by atoms with Crippen LogP contribution in [-0.4, -0.2) is 11.6 Å². The molecule has 1 aliphatic rings. The zero-order chi connectivity index (χ0) is 19.6. The number of nitrogens with one attached hydrogen (secondary N) is 1. The second-order valence-corrected chi connectivity index (χ2v) is 7.26. The average molecular weight is 369 g/mol. The minimum atomic E-state index is -0.285. The molecule has 4 heteroatoms. The highest BCUT2D eigenvalue weighted by Gasteiger charge is 2.60. The number of hydrazone groups is 1. The summed E-state index contributed by atoms with van der Waals surface area (Å²) in [4.78, 5) is 12.9. The van der Waals surface area contributed by atoms with Gasteiger partial charge in [-0.15, -0.1) is 0 Å². The van der Waals surface area contributed by atoms with Crippen LogP contribution in [0, 0.1) is 5.92 Å². The number of amides is 1. The Labute approximate surface area is 165 Å². The van der Waals surface area contributed by atoms with Crippen LogP contribution in [0.1, 0.15) is 30.0 Å². The number of carbonyl (C=O) groups is 1. The standard InChI is InChI=1S/C24H23N3O/c1-17(18-9-8-14-21(25)15-18)26-27-23(28)22-16-24(22,19-10-4-2-5-11-19)20-12-6-3-7-13-20/h2-15,22H,16,25H2,1H3,(H,27,28)/b26-17+. The van der Waals surface area contributed by atoms with E-state index in [1.165, 1.54) is 0 Å². The largest absolute Gasteiger partial charge is 0.399 e. The third-order valence-corrected chi connectivity index (χ3v) is 5.49. The van der Waals surface area contributed by atoms with Crippen LogP contribution in [0.25, 0.3) is 0 Å². The summed E-state index contributed by atoms with van der Waals surface area (Å²) >= 11 is 0. The number of rotatable bonds is 5. The zero-order valence-corrected chi connectivity index (χ0v) is 15.8. The van der Waals surface area contributed by atoms with E-state index in [4.69, 9.17) is 5.73 Å².